The zero-order valence-electron chi connectivity index (χ0n) is 19.2. The van der Waals surface area contributed by atoms with Crippen LogP contribution in [0.25, 0.3) is 0 Å². The van der Waals surface area contributed by atoms with Crippen LogP contribution < -0.4 is 15.4 Å². The second-order valence-corrected chi connectivity index (χ2v) is 9.87. The molecule has 1 aromatic carbocycles. The van der Waals surface area contributed by atoms with E-state index in [2.05, 4.69) is 10.6 Å². The number of fused-ring (bicyclic) bond motifs is 1. The molecule has 8 heteroatoms. The standard InChI is InChI=1S/C25H33N3O5/c1-32-18-10-15(11-18)13-26-20-4-2-3-5-22(20)33-17-6-7-19-16(12-17)14-28(25(19)31)21-8-9-23(29)27-24(21)30/h6-7,12,15,18,20-22,26H,2-5,8-11,13-14H2,1H3,(H,27,29,30)/t15-,18-,20-,21?,22+/m1/s1. The highest BCUT2D eigenvalue weighted by molar-refractivity contribution is 6.05. The predicted molar refractivity (Wildman–Crippen MR) is 121 cm³/mol. The molecule has 0 aromatic heterocycles. The van der Waals surface area contributed by atoms with Crippen molar-refractivity contribution < 1.29 is 23.9 Å². The van der Waals surface area contributed by atoms with Crippen molar-refractivity contribution in [2.45, 2.75) is 82.2 Å². The third-order valence-electron chi connectivity index (χ3n) is 7.68. The number of ether oxygens (including phenoxy) is 2. The fourth-order valence-corrected chi connectivity index (χ4v) is 5.62. The lowest BCUT2D eigenvalue weighted by Crippen LogP contribution is -2.52. The zero-order chi connectivity index (χ0) is 22.9. The number of nitrogens with zero attached hydrogens (tertiary/aromatic N) is 1. The van der Waals surface area contributed by atoms with Gasteiger partial charge in [-0.1, -0.05) is 6.42 Å². The van der Waals surface area contributed by atoms with Crippen LogP contribution in [0.4, 0.5) is 0 Å². The van der Waals surface area contributed by atoms with Crippen LogP contribution in [0.3, 0.4) is 0 Å². The van der Waals surface area contributed by atoms with Crippen LogP contribution in [0.2, 0.25) is 0 Å². The Balaban J connectivity index is 1.21. The summed E-state index contributed by atoms with van der Waals surface area (Å²) >= 11 is 0. The normalized spacial score (nSPS) is 31.7. The smallest absolute Gasteiger partial charge is 0.255 e. The maximum atomic E-state index is 12.9. The summed E-state index contributed by atoms with van der Waals surface area (Å²) in [5.74, 6) is 0.638. The molecule has 2 N–H and O–H groups in total. The Morgan fingerprint density at radius 2 is 1.94 bits per heavy atom. The largest absolute Gasteiger partial charge is 0.489 e. The van der Waals surface area contributed by atoms with Crippen molar-refractivity contribution in [3.63, 3.8) is 0 Å². The second kappa shape index (κ2) is 9.43. The summed E-state index contributed by atoms with van der Waals surface area (Å²) in [6.45, 7) is 1.37. The minimum atomic E-state index is -0.594. The third kappa shape index (κ3) is 4.64. The molecule has 178 valence electrons. The summed E-state index contributed by atoms with van der Waals surface area (Å²) in [5.41, 5.74) is 1.49. The first kappa shape index (κ1) is 22.3. The lowest BCUT2D eigenvalue weighted by molar-refractivity contribution is -0.136. The molecule has 5 rings (SSSR count). The maximum Gasteiger partial charge on any atom is 0.255 e. The van der Waals surface area contributed by atoms with Gasteiger partial charge in [0, 0.05) is 31.7 Å². The molecule has 1 aromatic rings. The number of hydrogen-bond donors (Lipinski definition) is 2. The molecule has 3 amide bonds. The Bertz CT molecular complexity index is 929. The number of carbonyl (C=O) groups excluding carboxylic acids is 3. The summed E-state index contributed by atoms with van der Waals surface area (Å²) in [7, 11) is 1.79. The summed E-state index contributed by atoms with van der Waals surface area (Å²) < 4.78 is 11.8. The van der Waals surface area contributed by atoms with Gasteiger partial charge in [0.1, 0.15) is 17.9 Å². The van der Waals surface area contributed by atoms with Crippen molar-refractivity contribution >= 4 is 17.7 Å². The Hall–Kier alpha value is -2.45. The first-order valence-electron chi connectivity index (χ1n) is 12.2. The van der Waals surface area contributed by atoms with E-state index in [0.29, 0.717) is 36.6 Å². The van der Waals surface area contributed by atoms with Crippen LogP contribution in [0.1, 0.15) is 67.3 Å². The number of rotatable bonds is 7. The van der Waals surface area contributed by atoms with Crippen molar-refractivity contribution in [3.8, 4) is 5.75 Å². The second-order valence-electron chi connectivity index (χ2n) is 9.87. The van der Waals surface area contributed by atoms with Gasteiger partial charge in [0.05, 0.1) is 6.10 Å². The summed E-state index contributed by atoms with van der Waals surface area (Å²) in [6.07, 6.45) is 7.91. The molecule has 1 saturated heterocycles. The first-order chi connectivity index (χ1) is 16.0. The molecule has 2 saturated carbocycles. The highest BCUT2D eigenvalue weighted by Gasteiger charge is 2.39. The number of piperidine rings is 1. The van der Waals surface area contributed by atoms with Gasteiger partial charge in [0.2, 0.25) is 11.8 Å². The average molecular weight is 456 g/mol. The molecule has 0 radical (unpaired) electrons. The van der Waals surface area contributed by atoms with E-state index in [0.717, 1.165) is 50.0 Å². The predicted octanol–water partition coefficient (Wildman–Crippen LogP) is 2.15. The monoisotopic (exact) mass is 455 g/mol. The average Bonchev–Trinajstić information content (AvgIpc) is 3.09. The number of carbonyl (C=O) groups is 3. The lowest BCUT2D eigenvalue weighted by atomic mass is 9.81. The molecule has 3 fully saturated rings. The highest BCUT2D eigenvalue weighted by atomic mass is 16.5. The molecular formula is C25H33N3O5. The molecule has 0 spiro atoms. The van der Waals surface area contributed by atoms with Crippen LogP contribution >= 0.6 is 0 Å². The maximum absolute atomic E-state index is 12.9. The van der Waals surface area contributed by atoms with Crippen molar-refractivity contribution in [2.24, 2.45) is 5.92 Å². The van der Waals surface area contributed by atoms with Crippen LogP contribution in [-0.2, 0) is 20.9 Å². The number of hydrogen-bond acceptors (Lipinski definition) is 6. The topological polar surface area (TPSA) is 97.0 Å². The number of nitrogens with one attached hydrogen (secondary N) is 2. The number of methoxy groups -OCH3 is 1. The molecule has 2 aliphatic carbocycles. The fraction of sp³-hybridized carbons (Fsp3) is 0.640. The molecule has 3 atom stereocenters. The van der Waals surface area contributed by atoms with Gasteiger partial charge in [-0.15, -0.1) is 0 Å². The quantitative estimate of drug-likeness (QED) is 0.612. The summed E-state index contributed by atoms with van der Waals surface area (Å²) in [4.78, 5) is 38.2. The molecular weight excluding hydrogens is 422 g/mol. The van der Waals surface area contributed by atoms with Gasteiger partial charge in [-0.2, -0.15) is 0 Å². The third-order valence-corrected chi connectivity index (χ3v) is 7.68. The van der Waals surface area contributed by atoms with Gasteiger partial charge in [-0.05, 0) is 74.8 Å². The highest BCUT2D eigenvalue weighted by Crippen LogP contribution is 2.33. The first-order valence-corrected chi connectivity index (χ1v) is 12.2. The van der Waals surface area contributed by atoms with Gasteiger partial charge in [0.25, 0.3) is 5.91 Å². The van der Waals surface area contributed by atoms with E-state index in [4.69, 9.17) is 9.47 Å². The van der Waals surface area contributed by atoms with E-state index >= 15 is 0 Å². The Kier molecular flexibility index (Phi) is 6.38. The van der Waals surface area contributed by atoms with E-state index in [9.17, 15) is 14.4 Å². The summed E-state index contributed by atoms with van der Waals surface area (Å²) in [6, 6.07) is 5.35. The van der Waals surface area contributed by atoms with Crippen molar-refractivity contribution in [3.05, 3.63) is 29.3 Å². The van der Waals surface area contributed by atoms with E-state index in [1.54, 1.807) is 12.0 Å². The van der Waals surface area contributed by atoms with Gasteiger partial charge in [-0.25, -0.2) is 0 Å². The van der Waals surface area contributed by atoms with E-state index in [-0.39, 0.29) is 30.2 Å². The van der Waals surface area contributed by atoms with Crippen LogP contribution in [0, 0.1) is 5.92 Å². The molecule has 1 unspecified atom stereocenters. The Morgan fingerprint density at radius 3 is 2.73 bits per heavy atom. The molecule has 8 nitrogen and oxygen atoms in total. The molecule has 4 aliphatic rings. The van der Waals surface area contributed by atoms with Gasteiger partial charge >= 0.3 is 0 Å². The molecule has 2 aliphatic heterocycles. The van der Waals surface area contributed by atoms with Gasteiger partial charge in [-0.3, -0.25) is 19.7 Å². The van der Waals surface area contributed by atoms with E-state index in [1.165, 1.54) is 6.42 Å². The molecule has 33 heavy (non-hydrogen) atoms. The SMILES string of the molecule is CO[C@H]1C[C@H](CN[C@@H]2CCCC[C@@H]2Oc2ccc3c(c2)CN(C2CCC(=O)NC2=O)C3=O)C1. The van der Waals surface area contributed by atoms with Gasteiger partial charge < -0.3 is 19.7 Å². The van der Waals surface area contributed by atoms with Crippen LogP contribution in [0.15, 0.2) is 18.2 Å². The summed E-state index contributed by atoms with van der Waals surface area (Å²) in [5, 5.41) is 6.09. The molecule has 2 heterocycles. The number of benzene rings is 1. The van der Waals surface area contributed by atoms with Crippen molar-refractivity contribution in [1.29, 1.82) is 0 Å². The minimum Gasteiger partial charge on any atom is -0.489 e. The van der Waals surface area contributed by atoms with Crippen molar-refractivity contribution in [1.82, 2.24) is 15.5 Å². The molecule has 0 bridgehead atoms. The van der Waals surface area contributed by atoms with Crippen LogP contribution in [-0.4, -0.2) is 60.6 Å². The van der Waals surface area contributed by atoms with Crippen LogP contribution in [0.5, 0.6) is 5.75 Å². The van der Waals surface area contributed by atoms with Crippen molar-refractivity contribution in [2.75, 3.05) is 13.7 Å². The number of imide groups is 1. The van der Waals surface area contributed by atoms with E-state index < -0.39 is 6.04 Å². The zero-order valence-corrected chi connectivity index (χ0v) is 19.2. The van der Waals surface area contributed by atoms with E-state index in [1.807, 2.05) is 18.2 Å². The fourth-order valence-electron chi connectivity index (χ4n) is 5.62. The Morgan fingerprint density at radius 1 is 1.12 bits per heavy atom. The van der Waals surface area contributed by atoms with Gasteiger partial charge in [0.15, 0.2) is 0 Å². The minimum absolute atomic E-state index is 0.110. The number of amides is 3. The Labute approximate surface area is 194 Å². The lowest BCUT2D eigenvalue weighted by Gasteiger charge is -2.38.